The first-order chi connectivity index (χ1) is 8.75. The molecule has 0 bridgehead atoms. The number of aromatic nitrogens is 2. The summed E-state index contributed by atoms with van der Waals surface area (Å²) in [5, 5.41) is 3.38. The van der Waals surface area contributed by atoms with Gasteiger partial charge in [-0.2, -0.15) is 0 Å². The Morgan fingerprint density at radius 1 is 1.17 bits per heavy atom. The SMILES string of the molecule is CC(C)CNCc1cnc(N2CCCCC2)cn1. The minimum absolute atomic E-state index is 0.672. The molecule has 0 radical (unpaired) electrons. The maximum atomic E-state index is 4.52. The predicted octanol–water partition coefficient (Wildman–Crippen LogP) is 2.21. The third kappa shape index (κ3) is 3.95. The number of hydrogen-bond donors (Lipinski definition) is 1. The van der Waals surface area contributed by atoms with E-state index in [-0.39, 0.29) is 0 Å². The normalized spacial score (nSPS) is 16.3. The van der Waals surface area contributed by atoms with E-state index in [1.165, 1.54) is 19.3 Å². The zero-order valence-electron chi connectivity index (χ0n) is 11.5. The van der Waals surface area contributed by atoms with Crippen molar-refractivity contribution in [1.29, 1.82) is 0 Å². The minimum Gasteiger partial charge on any atom is -0.355 e. The van der Waals surface area contributed by atoms with E-state index in [0.29, 0.717) is 5.92 Å². The van der Waals surface area contributed by atoms with E-state index in [1.807, 2.05) is 12.4 Å². The molecule has 1 aliphatic rings. The van der Waals surface area contributed by atoms with Crippen molar-refractivity contribution < 1.29 is 0 Å². The summed E-state index contributed by atoms with van der Waals surface area (Å²) in [5.41, 5.74) is 1.02. The Balaban J connectivity index is 1.84. The van der Waals surface area contributed by atoms with Gasteiger partial charge in [-0.25, -0.2) is 4.98 Å². The molecule has 2 heterocycles. The van der Waals surface area contributed by atoms with Crippen molar-refractivity contribution in [3.63, 3.8) is 0 Å². The van der Waals surface area contributed by atoms with E-state index in [9.17, 15) is 0 Å². The van der Waals surface area contributed by atoms with Crippen LogP contribution < -0.4 is 10.2 Å². The lowest BCUT2D eigenvalue weighted by Crippen LogP contribution is -2.30. The molecule has 2 rings (SSSR count). The molecule has 4 heteroatoms. The molecule has 0 unspecified atom stereocenters. The molecule has 1 aromatic rings. The molecular formula is C14H24N4. The second-order valence-electron chi connectivity index (χ2n) is 5.44. The number of piperidine rings is 1. The Hall–Kier alpha value is -1.16. The lowest BCUT2D eigenvalue weighted by molar-refractivity contribution is 0.546. The summed E-state index contributed by atoms with van der Waals surface area (Å²) in [7, 11) is 0. The highest BCUT2D eigenvalue weighted by molar-refractivity contribution is 5.36. The molecule has 0 amide bonds. The van der Waals surface area contributed by atoms with Gasteiger partial charge in [0.25, 0.3) is 0 Å². The van der Waals surface area contributed by atoms with Crippen molar-refractivity contribution in [2.24, 2.45) is 5.92 Å². The number of hydrogen-bond acceptors (Lipinski definition) is 4. The molecule has 0 aliphatic carbocycles. The highest BCUT2D eigenvalue weighted by atomic mass is 15.2. The van der Waals surface area contributed by atoms with Crippen LogP contribution in [0, 0.1) is 5.92 Å². The summed E-state index contributed by atoms with van der Waals surface area (Å²) in [6, 6.07) is 0. The smallest absolute Gasteiger partial charge is 0.147 e. The highest BCUT2D eigenvalue weighted by Crippen LogP contribution is 2.16. The molecule has 18 heavy (non-hydrogen) atoms. The van der Waals surface area contributed by atoms with Crippen LogP contribution in [0.15, 0.2) is 12.4 Å². The molecule has 4 nitrogen and oxygen atoms in total. The maximum Gasteiger partial charge on any atom is 0.147 e. The maximum absolute atomic E-state index is 4.52. The lowest BCUT2D eigenvalue weighted by Gasteiger charge is -2.27. The number of anilines is 1. The zero-order valence-corrected chi connectivity index (χ0v) is 11.5. The van der Waals surface area contributed by atoms with Gasteiger partial charge in [0.1, 0.15) is 5.82 Å². The molecule has 0 aromatic carbocycles. The van der Waals surface area contributed by atoms with Crippen LogP contribution in [0.2, 0.25) is 0 Å². The van der Waals surface area contributed by atoms with Crippen molar-refractivity contribution in [2.75, 3.05) is 24.5 Å². The van der Waals surface area contributed by atoms with Crippen molar-refractivity contribution in [2.45, 2.75) is 39.7 Å². The van der Waals surface area contributed by atoms with Gasteiger partial charge >= 0.3 is 0 Å². The summed E-state index contributed by atoms with van der Waals surface area (Å²) in [6.07, 6.45) is 7.72. The molecule has 1 N–H and O–H groups in total. The number of nitrogens with one attached hydrogen (secondary N) is 1. The molecule has 0 atom stereocenters. The summed E-state index contributed by atoms with van der Waals surface area (Å²) < 4.78 is 0. The van der Waals surface area contributed by atoms with Crippen LogP contribution in [0.3, 0.4) is 0 Å². The standard InChI is InChI=1S/C14H24N4/c1-12(2)8-15-9-13-10-17-14(11-16-13)18-6-4-3-5-7-18/h10-12,15H,3-9H2,1-2H3. The third-order valence-corrected chi connectivity index (χ3v) is 3.23. The van der Waals surface area contributed by atoms with Gasteiger partial charge in [-0.3, -0.25) is 4.98 Å². The van der Waals surface area contributed by atoms with Gasteiger partial charge in [-0.15, -0.1) is 0 Å². The average molecular weight is 248 g/mol. The fraction of sp³-hybridized carbons (Fsp3) is 0.714. The first-order valence-electron chi connectivity index (χ1n) is 7.02. The summed E-state index contributed by atoms with van der Waals surface area (Å²) in [5.74, 6) is 1.70. The van der Waals surface area contributed by atoms with Gasteiger partial charge < -0.3 is 10.2 Å². The second-order valence-corrected chi connectivity index (χ2v) is 5.44. The van der Waals surface area contributed by atoms with Gasteiger partial charge in [-0.05, 0) is 31.7 Å². The van der Waals surface area contributed by atoms with Crippen LogP contribution in [-0.2, 0) is 6.54 Å². The van der Waals surface area contributed by atoms with Crippen molar-refractivity contribution in [3.8, 4) is 0 Å². The summed E-state index contributed by atoms with van der Waals surface area (Å²) in [4.78, 5) is 11.3. The van der Waals surface area contributed by atoms with Crippen LogP contribution in [0.4, 0.5) is 5.82 Å². The van der Waals surface area contributed by atoms with Gasteiger partial charge in [-0.1, -0.05) is 13.8 Å². The van der Waals surface area contributed by atoms with Crippen molar-refractivity contribution in [3.05, 3.63) is 18.1 Å². The van der Waals surface area contributed by atoms with Gasteiger partial charge in [0, 0.05) is 19.6 Å². The Labute approximate surface area is 110 Å². The Morgan fingerprint density at radius 2 is 1.94 bits per heavy atom. The summed E-state index contributed by atoms with van der Waals surface area (Å²) in [6.45, 7) is 8.50. The second kappa shape index (κ2) is 6.69. The molecule has 1 aliphatic heterocycles. The molecule has 1 aromatic heterocycles. The number of rotatable bonds is 5. The van der Waals surface area contributed by atoms with Gasteiger partial charge in [0.15, 0.2) is 0 Å². The number of nitrogens with zero attached hydrogens (tertiary/aromatic N) is 3. The fourth-order valence-corrected chi connectivity index (χ4v) is 2.21. The first kappa shape index (κ1) is 13.3. The van der Waals surface area contributed by atoms with Crippen LogP contribution >= 0.6 is 0 Å². The Kier molecular flexibility index (Phi) is 4.93. The largest absolute Gasteiger partial charge is 0.355 e. The zero-order chi connectivity index (χ0) is 12.8. The highest BCUT2D eigenvalue weighted by Gasteiger charge is 2.12. The molecule has 0 spiro atoms. The lowest BCUT2D eigenvalue weighted by atomic mass is 10.1. The van der Waals surface area contributed by atoms with E-state index in [1.54, 1.807) is 0 Å². The van der Waals surface area contributed by atoms with Crippen LogP contribution in [0.1, 0.15) is 38.8 Å². The molecule has 0 saturated carbocycles. The molecule has 1 fully saturated rings. The van der Waals surface area contributed by atoms with Crippen molar-refractivity contribution in [1.82, 2.24) is 15.3 Å². The summed E-state index contributed by atoms with van der Waals surface area (Å²) >= 11 is 0. The van der Waals surface area contributed by atoms with E-state index < -0.39 is 0 Å². The molecule has 1 saturated heterocycles. The Bertz CT molecular complexity index is 341. The van der Waals surface area contributed by atoms with E-state index >= 15 is 0 Å². The molecular weight excluding hydrogens is 224 g/mol. The molecule has 100 valence electrons. The van der Waals surface area contributed by atoms with Gasteiger partial charge in [0.05, 0.1) is 18.1 Å². The third-order valence-electron chi connectivity index (χ3n) is 3.23. The monoisotopic (exact) mass is 248 g/mol. The topological polar surface area (TPSA) is 41.1 Å². The quantitative estimate of drug-likeness (QED) is 0.867. The van der Waals surface area contributed by atoms with E-state index in [0.717, 1.165) is 37.7 Å². The Morgan fingerprint density at radius 3 is 2.56 bits per heavy atom. The van der Waals surface area contributed by atoms with Crippen molar-refractivity contribution >= 4 is 5.82 Å². The van der Waals surface area contributed by atoms with E-state index in [4.69, 9.17) is 0 Å². The fourth-order valence-electron chi connectivity index (χ4n) is 2.21. The van der Waals surface area contributed by atoms with Crippen LogP contribution in [-0.4, -0.2) is 29.6 Å². The van der Waals surface area contributed by atoms with Crippen LogP contribution in [0.25, 0.3) is 0 Å². The van der Waals surface area contributed by atoms with Crippen LogP contribution in [0.5, 0.6) is 0 Å². The minimum atomic E-state index is 0.672. The average Bonchev–Trinajstić information content (AvgIpc) is 2.40. The first-order valence-corrected chi connectivity index (χ1v) is 7.02. The van der Waals surface area contributed by atoms with Gasteiger partial charge in [0.2, 0.25) is 0 Å². The predicted molar refractivity (Wildman–Crippen MR) is 74.6 cm³/mol. The van der Waals surface area contributed by atoms with E-state index in [2.05, 4.69) is 34.0 Å².